The van der Waals surface area contributed by atoms with E-state index in [0.29, 0.717) is 12.0 Å². The van der Waals surface area contributed by atoms with Gasteiger partial charge in [0.15, 0.2) is 0 Å². The van der Waals surface area contributed by atoms with Gasteiger partial charge >= 0.3 is 5.97 Å². The van der Waals surface area contributed by atoms with Crippen molar-refractivity contribution in [3.63, 3.8) is 0 Å². The van der Waals surface area contributed by atoms with Crippen LogP contribution in [0.2, 0.25) is 0 Å². The fraction of sp³-hybridized carbons (Fsp3) is 0.267. The summed E-state index contributed by atoms with van der Waals surface area (Å²) in [7, 11) is 1.41. The second-order valence-corrected chi connectivity index (χ2v) is 4.37. The number of esters is 1. The summed E-state index contributed by atoms with van der Waals surface area (Å²) < 4.78 is 4.82. The summed E-state index contributed by atoms with van der Waals surface area (Å²) in [4.78, 5) is 11.7. The molecule has 1 heterocycles. The van der Waals surface area contributed by atoms with Crippen molar-refractivity contribution in [2.45, 2.75) is 20.3 Å². The van der Waals surface area contributed by atoms with Crippen LogP contribution in [0.5, 0.6) is 0 Å². The highest BCUT2D eigenvalue weighted by atomic mass is 16.5. The molecule has 0 atom stereocenters. The molecule has 0 radical (unpaired) electrons. The summed E-state index contributed by atoms with van der Waals surface area (Å²) in [5, 5.41) is 3.25. The number of allylic oxidation sites excluding steroid dienone is 3. The van der Waals surface area contributed by atoms with Crippen LogP contribution in [0.15, 0.2) is 47.3 Å². The van der Waals surface area contributed by atoms with Gasteiger partial charge in [0.2, 0.25) is 0 Å². The highest BCUT2D eigenvalue weighted by Gasteiger charge is 2.22. The third-order valence-corrected chi connectivity index (χ3v) is 3.19. The molecule has 0 aliphatic carbocycles. The molecule has 94 valence electrons. The van der Waals surface area contributed by atoms with Gasteiger partial charge in [0.05, 0.1) is 12.7 Å². The van der Waals surface area contributed by atoms with Crippen LogP contribution < -0.4 is 5.32 Å². The largest absolute Gasteiger partial charge is 0.466 e. The Hall–Kier alpha value is -2.03. The lowest BCUT2D eigenvalue weighted by atomic mass is 9.93. The summed E-state index contributed by atoms with van der Waals surface area (Å²) in [6, 6.07) is 10.1. The summed E-state index contributed by atoms with van der Waals surface area (Å²) in [6.07, 6.45) is 0.612. The number of hydrogen-bond donors (Lipinski definition) is 1. The number of dihydropyridines is 1. The first-order chi connectivity index (χ1) is 8.63. The molecule has 1 aliphatic heterocycles. The van der Waals surface area contributed by atoms with E-state index in [9.17, 15) is 4.79 Å². The molecule has 0 bridgehead atoms. The Morgan fingerprint density at radius 3 is 2.44 bits per heavy atom. The summed E-state index contributed by atoms with van der Waals surface area (Å²) in [5.74, 6) is -0.263. The Balaban J connectivity index is 2.34. The fourth-order valence-electron chi connectivity index (χ4n) is 2.18. The molecule has 3 heteroatoms. The van der Waals surface area contributed by atoms with Crippen molar-refractivity contribution in [3.05, 3.63) is 52.9 Å². The van der Waals surface area contributed by atoms with Gasteiger partial charge in [-0.15, -0.1) is 0 Å². The van der Waals surface area contributed by atoms with Crippen molar-refractivity contribution in [1.29, 1.82) is 0 Å². The number of carbonyl (C=O) groups is 1. The lowest BCUT2D eigenvalue weighted by molar-refractivity contribution is -0.136. The quantitative estimate of drug-likeness (QED) is 0.812. The zero-order valence-electron chi connectivity index (χ0n) is 10.9. The number of nitrogens with one attached hydrogen (secondary N) is 1. The van der Waals surface area contributed by atoms with E-state index in [1.807, 2.05) is 32.0 Å². The van der Waals surface area contributed by atoms with E-state index in [0.717, 1.165) is 22.5 Å². The van der Waals surface area contributed by atoms with E-state index in [2.05, 4.69) is 17.4 Å². The van der Waals surface area contributed by atoms with E-state index < -0.39 is 0 Å². The Morgan fingerprint density at radius 2 is 1.83 bits per heavy atom. The van der Waals surface area contributed by atoms with Crippen molar-refractivity contribution in [3.8, 4) is 0 Å². The zero-order valence-corrected chi connectivity index (χ0v) is 10.9. The van der Waals surface area contributed by atoms with Crippen LogP contribution in [-0.4, -0.2) is 13.1 Å². The van der Waals surface area contributed by atoms with Crippen molar-refractivity contribution >= 4 is 11.5 Å². The van der Waals surface area contributed by atoms with Crippen LogP contribution in [0.4, 0.5) is 0 Å². The number of benzene rings is 1. The predicted octanol–water partition coefficient (Wildman–Crippen LogP) is 2.86. The van der Waals surface area contributed by atoms with Crippen molar-refractivity contribution in [1.82, 2.24) is 5.32 Å². The molecule has 0 unspecified atom stereocenters. The minimum absolute atomic E-state index is 0.263. The Bertz CT molecular complexity index is 527. The predicted molar refractivity (Wildman–Crippen MR) is 71.5 cm³/mol. The van der Waals surface area contributed by atoms with Gasteiger partial charge in [-0.05, 0) is 25.0 Å². The molecule has 1 aliphatic rings. The third kappa shape index (κ3) is 2.30. The van der Waals surface area contributed by atoms with Crippen molar-refractivity contribution in [2.75, 3.05) is 7.11 Å². The average Bonchev–Trinajstić information content (AvgIpc) is 2.39. The maximum Gasteiger partial charge on any atom is 0.335 e. The fourth-order valence-corrected chi connectivity index (χ4v) is 2.18. The van der Waals surface area contributed by atoms with Gasteiger partial charge in [0, 0.05) is 17.8 Å². The summed E-state index contributed by atoms with van der Waals surface area (Å²) in [5.41, 5.74) is 4.94. The number of methoxy groups -OCH3 is 1. The maximum absolute atomic E-state index is 11.7. The second kappa shape index (κ2) is 5.08. The van der Waals surface area contributed by atoms with Crippen LogP contribution in [0, 0.1) is 0 Å². The molecule has 18 heavy (non-hydrogen) atoms. The maximum atomic E-state index is 11.7. The molecule has 1 N–H and O–H groups in total. The van der Waals surface area contributed by atoms with E-state index in [-0.39, 0.29) is 5.97 Å². The Morgan fingerprint density at radius 1 is 1.17 bits per heavy atom. The lowest BCUT2D eigenvalue weighted by Gasteiger charge is -2.23. The highest BCUT2D eigenvalue weighted by Crippen LogP contribution is 2.30. The summed E-state index contributed by atoms with van der Waals surface area (Å²) >= 11 is 0. The first-order valence-electron chi connectivity index (χ1n) is 5.93. The Kier molecular flexibility index (Phi) is 3.51. The molecule has 0 saturated carbocycles. The normalized spacial score (nSPS) is 15.5. The van der Waals surface area contributed by atoms with Gasteiger partial charge in [0.25, 0.3) is 0 Å². The first kappa shape index (κ1) is 12.4. The van der Waals surface area contributed by atoms with E-state index >= 15 is 0 Å². The molecule has 0 aromatic heterocycles. The SMILES string of the molecule is COC(=O)C1=C(C)NC(C)=C(c2ccccc2)C1. The molecule has 0 spiro atoms. The highest BCUT2D eigenvalue weighted by molar-refractivity contribution is 5.93. The lowest BCUT2D eigenvalue weighted by Crippen LogP contribution is -2.22. The van der Waals surface area contributed by atoms with E-state index in [4.69, 9.17) is 4.74 Å². The van der Waals surface area contributed by atoms with Gasteiger partial charge < -0.3 is 10.1 Å². The van der Waals surface area contributed by atoms with Crippen LogP contribution in [0.25, 0.3) is 5.57 Å². The standard InChI is InChI=1S/C15H17NO2/c1-10-13(12-7-5-4-6-8-12)9-14(11(2)16-10)15(17)18-3/h4-8,16H,9H2,1-3H3. The average molecular weight is 243 g/mol. The summed E-state index contributed by atoms with van der Waals surface area (Å²) in [6.45, 7) is 3.93. The zero-order chi connectivity index (χ0) is 13.1. The van der Waals surface area contributed by atoms with Crippen molar-refractivity contribution < 1.29 is 9.53 Å². The monoisotopic (exact) mass is 243 g/mol. The third-order valence-electron chi connectivity index (χ3n) is 3.19. The molecule has 1 aromatic rings. The molecular formula is C15H17NO2. The minimum Gasteiger partial charge on any atom is -0.466 e. The topological polar surface area (TPSA) is 38.3 Å². The number of ether oxygens (including phenoxy) is 1. The van der Waals surface area contributed by atoms with Crippen LogP contribution in [-0.2, 0) is 9.53 Å². The van der Waals surface area contributed by atoms with Gasteiger partial charge in [0.1, 0.15) is 0 Å². The number of carbonyl (C=O) groups excluding carboxylic acids is 1. The first-order valence-corrected chi connectivity index (χ1v) is 5.93. The van der Waals surface area contributed by atoms with E-state index in [1.54, 1.807) is 0 Å². The number of rotatable bonds is 2. The molecule has 2 rings (SSSR count). The Labute approximate surface area is 107 Å². The van der Waals surface area contributed by atoms with Gasteiger partial charge in [-0.3, -0.25) is 0 Å². The van der Waals surface area contributed by atoms with E-state index in [1.165, 1.54) is 7.11 Å². The smallest absolute Gasteiger partial charge is 0.335 e. The van der Waals surface area contributed by atoms with Crippen LogP contribution >= 0.6 is 0 Å². The van der Waals surface area contributed by atoms with Crippen molar-refractivity contribution in [2.24, 2.45) is 0 Å². The minimum atomic E-state index is -0.263. The molecule has 0 amide bonds. The molecular weight excluding hydrogens is 226 g/mol. The molecule has 3 nitrogen and oxygen atoms in total. The molecule has 0 saturated heterocycles. The number of hydrogen-bond acceptors (Lipinski definition) is 3. The van der Waals surface area contributed by atoms with Crippen LogP contribution in [0.1, 0.15) is 25.8 Å². The van der Waals surface area contributed by atoms with Gasteiger partial charge in [-0.25, -0.2) is 4.79 Å². The van der Waals surface area contributed by atoms with Crippen LogP contribution in [0.3, 0.4) is 0 Å². The molecule has 0 fully saturated rings. The van der Waals surface area contributed by atoms with Gasteiger partial charge in [-0.2, -0.15) is 0 Å². The van der Waals surface area contributed by atoms with Gasteiger partial charge in [-0.1, -0.05) is 30.3 Å². The molecule has 1 aromatic carbocycles. The second-order valence-electron chi connectivity index (χ2n) is 4.37.